The third-order valence-electron chi connectivity index (χ3n) is 4.27. The molecule has 0 bridgehead atoms. The number of rotatable bonds is 2. The molecule has 1 amide bonds. The first kappa shape index (κ1) is 13.8. The number of anilines is 1. The maximum atomic E-state index is 12.9. The molecule has 0 saturated heterocycles. The molecule has 0 radical (unpaired) electrons. The predicted octanol–water partition coefficient (Wildman–Crippen LogP) is 2.57. The topological polar surface area (TPSA) is 72.2 Å². The smallest absolute Gasteiger partial charge is 0.260 e. The van der Waals surface area contributed by atoms with Gasteiger partial charge in [0.2, 0.25) is 0 Å². The molecule has 3 heterocycles. The second kappa shape index (κ2) is 5.12. The van der Waals surface area contributed by atoms with E-state index in [0.29, 0.717) is 22.9 Å². The minimum Gasteiger partial charge on any atom is -0.306 e. The Kier molecular flexibility index (Phi) is 3.07. The highest BCUT2D eigenvalue weighted by Crippen LogP contribution is 2.34. The minimum absolute atomic E-state index is 0.294. The van der Waals surface area contributed by atoms with Crippen molar-refractivity contribution in [2.24, 2.45) is 0 Å². The van der Waals surface area contributed by atoms with Crippen LogP contribution >= 0.6 is 0 Å². The fraction of sp³-hybridized carbons (Fsp3) is 0.250. The van der Waals surface area contributed by atoms with Crippen molar-refractivity contribution in [3.05, 3.63) is 53.4 Å². The van der Waals surface area contributed by atoms with E-state index < -0.39 is 5.82 Å². The Hall–Kier alpha value is -2.83. The summed E-state index contributed by atoms with van der Waals surface area (Å²) in [5.74, 6) is -0.0897. The van der Waals surface area contributed by atoms with Crippen LogP contribution in [0.2, 0.25) is 0 Å². The first-order valence-electron chi connectivity index (χ1n) is 7.42. The van der Waals surface area contributed by atoms with Crippen molar-refractivity contribution >= 4 is 17.4 Å². The maximum absolute atomic E-state index is 12.9. The Bertz CT molecular complexity index is 903. The van der Waals surface area contributed by atoms with Crippen molar-refractivity contribution in [2.75, 3.05) is 5.32 Å². The Labute approximate surface area is 131 Å². The van der Waals surface area contributed by atoms with E-state index in [0.717, 1.165) is 30.3 Å². The van der Waals surface area contributed by atoms with Crippen LogP contribution in [-0.4, -0.2) is 25.5 Å². The van der Waals surface area contributed by atoms with E-state index in [1.165, 1.54) is 12.1 Å². The highest BCUT2D eigenvalue weighted by molar-refractivity contribution is 6.08. The van der Waals surface area contributed by atoms with Crippen molar-refractivity contribution < 1.29 is 9.18 Å². The van der Waals surface area contributed by atoms with Crippen molar-refractivity contribution in [1.82, 2.24) is 19.6 Å². The van der Waals surface area contributed by atoms with Gasteiger partial charge in [-0.2, -0.15) is 0 Å². The zero-order chi connectivity index (χ0) is 16.0. The number of aryl methyl sites for hydroxylation is 1. The highest BCUT2D eigenvalue weighted by Gasteiger charge is 2.25. The van der Waals surface area contributed by atoms with Gasteiger partial charge in [0, 0.05) is 5.69 Å². The van der Waals surface area contributed by atoms with Crippen LogP contribution in [0.15, 0.2) is 30.7 Å². The van der Waals surface area contributed by atoms with Crippen molar-refractivity contribution in [2.45, 2.75) is 25.7 Å². The summed E-state index contributed by atoms with van der Waals surface area (Å²) >= 11 is 0. The summed E-state index contributed by atoms with van der Waals surface area (Å²) in [6.07, 6.45) is 4.70. The number of nitrogens with zero attached hydrogens (tertiary/aromatic N) is 4. The molecule has 0 aliphatic heterocycles. The molecule has 7 heteroatoms. The van der Waals surface area contributed by atoms with E-state index in [4.69, 9.17) is 0 Å². The lowest BCUT2D eigenvalue weighted by molar-refractivity contribution is 0.102. The average molecular weight is 311 g/mol. The van der Waals surface area contributed by atoms with Gasteiger partial charge in [-0.15, -0.1) is 10.2 Å². The minimum atomic E-state index is -0.450. The molecule has 3 aromatic heterocycles. The number of pyridine rings is 2. The first-order valence-corrected chi connectivity index (χ1v) is 7.42. The quantitative estimate of drug-likeness (QED) is 0.789. The summed E-state index contributed by atoms with van der Waals surface area (Å²) in [6, 6.07) is 4.56. The molecule has 6 nitrogen and oxygen atoms in total. The van der Waals surface area contributed by atoms with Crippen LogP contribution in [0.1, 0.15) is 40.9 Å². The van der Waals surface area contributed by atoms with Gasteiger partial charge in [-0.05, 0) is 42.5 Å². The van der Waals surface area contributed by atoms with E-state index in [1.807, 2.05) is 10.5 Å². The molecule has 3 aromatic rings. The van der Waals surface area contributed by atoms with E-state index in [1.54, 1.807) is 6.33 Å². The molecule has 23 heavy (non-hydrogen) atoms. The molecule has 1 atom stereocenters. The largest absolute Gasteiger partial charge is 0.306 e. The number of amides is 1. The van der Waals surface area contributed by atoms with Crippen molar-refractivity contribution in [1.29, 1.82) is 0 Å². The average Bonchev–Trinajstić information content (AvgIpc) is 3.15. The number of carbonyl (C=O) groups is 1. The summed E-state index contributed by atoms with van der Waals surface area (Å²) in [5, 5.41) is 10.7. The summed E-state index contributed by atoms with van der Waals surface area (Å²) < 4.78 is 14.8. The molecule has 116 valence electrons. The molecule has 1 aliphatic rings. The molecule has 0 saturated carbocycles. The van der Waals surface area contributed by atoms with Crippen LogP contribution in [0.3, 0.4) is 0 Å². The Morgan fingerprint density at radius 3 is 3.09 bits per heavy atom. The van der Waals surface area contributed by atoms with Gasteiger partial charge in [-0.1, -0.05) is 6.92 Å². The van der Waals surface area contributed by atoms with Gasteiger partial charge in [0.15, 0.2) is 5.65 Å². The standard InChI is InChI=1S/C16H14FN5O/c1-9-2-4-13-11(9)6-12(15-21-19-8-22(13)15)16(23)20-14-5-3-10(17)7-18-14/h3,5-9H,2,4H2,1H3,(H,18,20,23). The van der Waals surface area contributed by atoms with Crippen LogP contribution in [0, 0.1) is 5.82 Å². The number of carbonyl (C=O) groups excluding carboxylic acids is 1. The summed E-state index contributed by atoms with van der Waals surface area (Å²) in [7, 11) is 0. The summed E-state index contributed by atoms with van der Waals surface area (Å²) in [6.45, 7) is 2.14. The zero-order valence-corrected chi connectivity index (χ0v) is 12.5. The molecule has 1 aliphatic carbocycles. The predicted molar refractivity (Wildman–Crippen MR) is 81.9 cm³/mol. The second-order valence-electron chi connectivity index (χ2n) is 5.74. The van der Waals surface area contributed by atoms with Gasteiger partial charge in [0.05, 0.1) is 11.8 Å². The monoisotopic (exact) mass is 311 g/mol. The number of hydrogen-bond donors (Lipinski definition) is 1. The molecule has 0 aromatic carbocycles. The van der Waals surface area contributed by atoms with Crippen LogP contribution in [0.5, 0.6) is 0 Å². The number of hydrogen-bond acceptors (Lipinski definition) is 4. The number of nitrogens with one attached hydrogen (secondary N) is 1. The van der Waals surface area contributed by atoms with E-state index >= 15 is 0 Å². The highest BCUT2D eigenvalue weighted by atomic mass is 19.1. The normalized spacial score (nSPS) is 16.5. The molecule has 0 fully saturated rings. The van der Waals surface area contributed by atoms with E-state index in [-0.39, 0.29) is 5.91 Å². The summed E-state index contributed by atoms with van der Waals surface area (Å²) in [4.78, 5) is 16.4. The molecular weight excluding hydrogens is 297 g/mol. The van der Waals surface area contributed by atoms with Gasteiger partial charge < -0.3 is 5.32 Å². The fourth-order valence-electron chi connectivity index (χ4n) is 3.06. The van der Waals surface area contributed by atoms with Gasteiger partial charge >= 0.3 is 0 Å². The third kappa shape index (κ3) is 2.25. The Morgan fingerprint density at radius 1 is 1.43 bits per heavy atom. The van der Waals surface area contributed by atoms with Crippen LogP contribution in [-0.2, 0) is 6.42 Å². The van der Waals surface area contributed by atoms with Gasteiger partial charge in [-0.3, -0.25) is 9.20 Å². The van der Waals surface area contributed by atoms with E-state index in [2.05, 4.69) is 27.4 Å². The third-order valence-corrected chi connectivity index (χ3v) is 4.27. The van der Waals surface area contributed by atoms with Gasteiger partial charge in [0.1, 0.15) is 18.0 Å². The zero-order valence-electron chi connectivity index (χ0n) is 12.5. The molecule has 0 spiro atoms. The Morgan fingerprint density at radius 2 is 2.30 bits per heavy atom. The fourth-order valence-corrected chi connectivity index (χ4v) is 3.06. The van der Waals surface area contributed by atoms with Crippen LogP contribution in [0.25, 0.3) is 5.65 Å². The number of halogens is 1. The maximum Gasteiger partial charge on any atom is 0.260 e. The molecular formula is C16H14FN5O. The second-order valence-corrected chi connectivity index (χ2v) is 5.74. The Balaban J connectivity index is 1.76. The van der Waals surface area contributed by atoms with E-state index in [9.17, 15) is 9.18 Å². The molecule has 1 unspecified atom stereocenters. The van der Waals surface area contributed by atoms with Crippen LogP contribution in [0.4, 0.5) is 10.2 Å². The first-order chi connectivity index (χ1) is 11.1. The molecule has 4 rings (SSSR count). The molecule has 1 N–H and O–H groups in total. The van der Waals surface area contributed by atoms with Crippen molar-refractivity contribution in [3.8, 4) is 0 Å². The SMILES string of the molecule is CC1CCc2c1cc(C(=O)Nc1ccc(F)cn1)c1nncn21. The van der Waals surface area contributed by atoms with Crippen LogP contribution < -0.4 is 5.32 Å². The lowest BCUT2D eigenvalue weighted by Gasteiger charge is -2.11. The van der Waals surface area contributed by atoms with Gasteiger partial charge in [-0.25, -0.2) is 9.37 Å². The van der Waals surface area contributed by atoms with Crippen molar-refractivity contribution in [3.63, 3.8) is 0 Å². The number of fused-ring (bicyclic) bond motifs is 3. The lowest BCUT2D eigenvalue weighted by Crippen LogP contribution is -2.15. The number of aromatic nitrogens is 4. The van der Waals surface area contributed by atoms with Gasteiger partial charge in [0.25, 0.3) is 5.91 Å². The summed E-state index contributed by atoms with van der Waals surface area (Å²) in [5.41, 5.74) is 3.28. The lowest BCUT2D eigenvalue weighted by atomic mass is 10.0.